The lowest BCUT2D eigenvalue weighted by atomic mass is 10.2. The van der Waals surface area contributed by atoms with E-state index in [1.165, 1.54) is 6.07 Å². The lowest BCUT2D eigenvalue weighted by Crippen LogP contribution is -2.14. The van der Waals surface area contributed by atoms with E-state index in [9.17, 15) is 8.42 Å². The van der Waals surface area contributed by atoms with E-state index < -0.39 is 10.0 Å². The smallest absolute Gasteiger partial charge is 0.225 e. The summed E-state index contributed by atoms with van der Waals surface area (Å²) in [5, 5.41) is 13.7. The first-order chi connectivity index (χ1) is 6.38. The number of primary sulfonamides is 1. The number of rotatable bonds is 1. The van der Waals surface area contributed by atoms with E-state index in [2.05, 4.69) is 31.9 Å². The van der Waals surface area contributed by atoms with Gasteiger partial charge < -0.3 is 0 Å². The quantitative estimate of drug-likeness (QED) is 0.845. The molecule has 0 aliphatic heterocycles. The third-order valence-electron chi connectivity index (χ3n) is 1.46. The number of hydrogen-bond donors (Lipinski definition) is 1. The van der Waals surface area contributed by atoms with Gasteiger partial charge in [-0.05, 0) is 44.0 Å². The molecule has 1 aromatic carbocycles. The standard InChI is InChI=1S/C7H4Br2N2O2S/c8-5-1-2-6(9)7(4(5)3-10)14(11,12)13/h1-2H,(H2,11,12,13). The van der Waals surface area contributed by atoms with Crippen LogP contribution in [0.2, 0.25) is 0 Å². The Bertz CT molecular complexity index is 519. The highest BCUT2D eigenvalue weighted by Crippen LogP contribution is 2.29. The summed E-state index contributed by atoms with van der Waals surface area (Å²) in [6.45, 7) is 0. The Morgan fingerprint density at radius 2 is 1.79 bits per heavy atom. The lowest BCUT2D eigenvalue weighted by Gasteiger charge is -2.05. The van der Waals surface area contributed by atoms with Gasteiger partial charge in [0, 0.05) is 8.95 Å². The normalized spacial score (nSPS) is 11.0. The Balaban J connectivity index is 3.74. The van der Waals surface area contributed by atoms with Crippen LogP contribution in [0.4, 0.5) is 0 Å². The van der Waals surface area contributed by atoms with Crippen LogP contribution < -0.4 is 5.14 Å². The maximum absolute atomic E-state index is 11.2. The van der Waals surface area contributed by atoms with Crippen molar-refractivity contribution in [1.82, 2.24) is 0 Å². The fraction of sp³-hybridized carbons (Fsp3) is 0. The maximum atomic E-state index is 11.2. The van der Waals surface area contributed by atoms with Crippen molar-refractivity contribution in [3.63, 3.8) is 0 Å². The molecule has 0 heterocycles. The van der Waals surface area contributed by atoms with Crippen LogP contribution in [0, 0.1) is 11.3 Å². The molecule has 0 bridgehead atoms. The highest BCUT2D eigenvalue weighted by atomic mass is 79.9. The largest absolute Gasteiger partial charge is 0.240 e. The molecule has 0 saturated carbocycles. The van der Waals surface area contributed by atoms with Gasteiger partial charge in [-0.1, -0.05) is 0 Å². The van der Waals surface area contributed by atoms with Crippen molar-refractivity contribution in [3.8, 4) is 6.07 Å². The van der Waals surface area contributed by atoms with E-state index in [4.69, 9.17) is 10.4 Å². The molecule has 1 rings (SSSR count). The summed E-state index contributed by atoms with van der Waals surface area (Å²) in [4.78, 5) is -0.200. The lowest BCUT2D eigenvalue weighted by molar-refractivity contribution is 0.597. The fourth-order valence-corrected chi connectivity index (χ4v) is 3.25. The summed E-state index contributed by atoms with van der Waals surface area (Å²) < 4.78 is 23.0. The number of nitrogens with zero attached hydrogens (tertiary/aromatic N) is 1. The number of halogens is 2. The summed E-state index contributed by atoms with van der Waals surface area (Å²) in [6, 6.07) is 4.85. The summed E-state index contributed by atoms with van der Waals surface area (Å²) in [6.07, 6.45) is 0. The molecule has 0 spiro atoms. The minimum Gasteiger partial charge on any atom is -0.225 e. The number of nitrogens with two attached hydrogens (primary N) is 1. The molecule has 0 amide bonds. The second kappa shape index (κ2) is 3.98. The Morgan fingerprint density at radius 3 is 2.14 bits per heavy atom. The van der Waals surface area contributed by atoms with E-state index >= 15 is 0 Å². The third kappa shape index (κ3) is 2.15. The highest BCUT2D eigenvalue weighted by molar-refractivity contribution is 9.11. The molecule has 74 valence electrons. The summed E-state index contributed by atoms with van der Waals surface area (Å²) in [7, 11) is -3.90. The third-order valence-corrected chi connectivity index (χ3v) is 4.03. The van der Waals surface area contributed by atoms with E-state index in [1.54, 1.807) is 12.1 Å². The van der Waals surface area contributed by atoms with E-state index in [0.717, 1.165) is 0 Å². The first-order valence-corrected chi connectivity index (χ1v) is 6.42. The Morgan fingerprint density at radius 1 is 1.29 bits per heavy atom. The minimum atomic E-state index is -3.90. The predicted molar refractivity (Wildman–Crippen MR) is 57.9 cm³/mol. The van der Waals surface area contributed by atoms with Crippen molar-refractivity contribution in [2.24, 2.45) is 5.14 Å². The van der Waals surface area contributed by atoms with Crippen molar-refractivity contribution < 1.29 is 8.42 Å². The fourth-order valence-electron chi connectivity index (χ4n) is 0.916. The van der Waals surface area contributed by atoms with Crippen LogP contribution in [0.15, 0.2) is 26.0 Å². The Labute approximate surface area is 98.0 Å². The van der Waals surface area contributed by atoms with Crippen molar-refractivity contribution in [2.75, 3.05) is 0 Å². The zero-order valence-electron chi connectivity index (χ0n) is 6.66. The van der Waals surface area contributed by atoms with Gasteiger partial charge in [0.2, 0.25) is 10.0 Å². The van der Waals surface area contributed by atoms with Gasteiger partial charge >= 0.3 is 0 Å². The first-order valence-electron chi connectivity index (χ1n) is 3.29. The van der Waals surface area contributed by atoms with Gasteiger partial charge in [0.25, 0.3) is 0 Å². The molecule has 0 aliphatic rings. The molecule has 2 N–H and O–H groups in total. The average molecular weight is 340 g/mol. The zero-order valence-corrected chi connectivity index (χ0v) is 10.6. The number of nitriles is 1. The molecule has 1 aromatic rings. The van der Waals surface area contributed by atoms with Crippen LogP contribution >= 0.6 is 31.9 Å². The summed E-state index contributed by atoms with van der Waals surface area (Å²) in [5.41, 5.74) is 0.00174. The Hall–Kier alpha value is -0.420. The van der Waals surface area contributed by atoms with Crippen LogP contribution in [-0.2, 0) is 10.0 Å². The first kappa shape index (κ1) is 11.7. The van der Waals surface area contributed by atoms with Crippen LogP contribution in [-0.4, -0.2) is 8.42 Å². The van der Waals surface area contributed by atoms with Gasteiger partial charge in [0.15, 0.2) is 0 Å². The molecule has 4 nitrogen and oxygen atoms in total. The van der Waals surface area contributed by atoms with Gasteiger partial charge in [-0.2, -0.15) is 5.26 Å². The molecule has 0 atom stereocenters. The van der Waals surface area contributed by atoms with Gasteiger partial charge in [-0.3, -0.25) is 0 Å². The van der Waals surface area contributed by atoms with E-state index in [-0.39, 0.29) is 14.9 Å². The van der Waals surface area contributed by atoms with Gasteiger partial charge in [0.05, 0.1) is 5.56 Å². The summed E-state index contributed by atoms with van der Waals surface area (Å²) in [5.74, 6) is 0. The molecule has 0 radical (unpaired) electrons. The summed E-state index contributed by atoms with van der Waals surface area (Å²) >= 11 is 6.10. The monoisotopic (exact) mass is 338 g/mol. The molecule has 14 heavy (non-hydrogen) atoms. The van der Waals surface area contributed by atoms with Gasteiger partial charge in [-0.25, -0.2) is 13.6 Å². The molecular formula is C7H4Br2N2O2S. The molecule has 0 unspecified atom stereocenters. The van der Waals surface area contributed by atoms with Crippen molar-refractivity contribution in [2.45, 2.75) is 4.90 Å². The topological polar surface area (TPSA) is 83.9 Å². The number of sulfonamides is 1. The van der Waals surface area contributed by atoms with Crippen molar-refractivity contribution in [3.05, 3.63) is 26.6 Å². The van der Waals surface area contributed by atoms with Crippen LogP contribution in [0.3, 0.4) is 0 Å². The van der Waals surface area contributed by atoms with Crippen molar-refractivity contribution in [1.29, 1.82) is 5.26 Å². The molecule has 0 fully saturated rings. The maximum Gasteiger partial charge on any atom is 0.240 e. The second-order valence-electron chi connectivity index (χ2n) is 2.39. The number of hydrogen-bond acceptors (Lipinski definition) is 3. The Kier molecular flexibility index (Phi) is 3.32. The predicted octanol–water partition coefficient (Wildman–Crippen LogP) is 1.73. The minimum absolute atomic E-state index is 0.00174. The van der Waals surface area contributed by atoms with Crippen LogP contribution in [0.25, 0.3) is 0 Å². The molecule has 0 aliphatic carbocycles. The van der Waals surface area contributed by atoms with Crippen LogP contribution in [0.5, 0.6) is 0 Å². The highest BCUT2D eigenvalue weighted by Gasteiger charge is 2.20. The SMILES string of the molecule is N#Cc1c(Br)ccc(Br)c1S(N)(=O)=O. The van der Waals surface area contributed by atoms with Gasteiger partial charge in [-0.15, -0.1) is 0 Å². The number of benzene rings is 1. The second-order valence-corrected chi connectivity index (χ2v) is 5.60. The average Bonchev–Trinajstić information content (AvgIpc) is 2.06. The molecule has 0 aromatic heterocycles. The van der Waals surface area contributed by atoms with E-state index in [1.807, 2.05) is 0 Å². The zero-order chi connectivity index (χ0) is 10.9. The van der Waals surface area contributed by atoms with Gasteiger partial charge in [0.1, 0.15) is 11.0 Å². The van der Waals surface area contributed by atoms with E-state index in [0.29, 0.717) is 4.47 Å². The molecular weight excluding hydrogens is 336 g/mol. The van der Waals surface area contributed by atoms with Crippen LogP contribution in [0.1, 0.15) is 5.56 Å². The molecule has 0 saturated heterocycles. The van der Waals surface area contributed by atoms with Crippen molar-refractivity contribution >= 4 is 41.9 Å². The molecule has 7 heteroatoms.